The highest BCUT2D eigenvalue weighted by molar-refractivity contribution is 6.61. The fraction of sp³-hybridized carbons (Fsp3) is 0. The summed E-state index contributed by atoms with van der Waals surface area (Å²) in [6, 6.07) is 0. The maximum Gasteiger partial charge on any atom is 0.438 e. The van der Waals surface area contributed by atoms with Gasteiger partial charge >= 0.3 is 5.43 Å². The minimum atomic E-state index is -1.27. The quantitative estimate of drug-likeness (QED) is 0.283. The lowest BCUT2D eigenvalue weighted by Gasteiger charge is -1.79. The molecule has 0 aromatic rings. The van der Waals surface area contributed by atoms with E-state index in [4.69, 9.17) is 5.26 Å². The van der Waals surface area contributed by atoms with Crippen molar-refractivity contribution in [3.05, 3.63) is 0 Å². The van der Waals surface area contributed by atoms with Crippen LogP contribution in [0.5, 0.6) is 0 Å². The molecule has 5 heteroatoms. The van der Waals surface area contributed by atoms with E-state index in [-0.39, 0.29) is 0 Å². The molecule has 0 unspecified atom stereocenters. The number of carbonyl (C=O) groups excluding carboxylic acids is 1. The zero-order valence-corrected chi connectivity index (χ0v) is 3.27. The largest absolute Gasteiger partial charge is 0.438 e. The number of halogens is 1. The molecule has 0 spiro atoms. The Hall–Kier alpha value is -0.320. The van der Waals surface area contributed by atoms with Crippen molar-refractivity contribution in [2.75, 3.05) is 0 Å². The first-order chi connectivity index (χ1) is 2.77. The minimum Gasteiger partial charge on any atom is -0.248 e. The first-order valence-electron chi connectivity index (χ1n) is 0.931. The van der Waals surface area contributed by atoms with Crippen LogP contribution in [0.25, 0.3) is 0 Å². The molecule has 0 aromatic heterocycles. The summed E-state index contributed by atoms with van der Waals surface area (Å²) in [5.74, 6) is 0. The van der Waals surface area contributed by atoms with Gasteiger partial charge in [-0.1, -0.05) is 0 Å². The van der Waals surface area contributed by atoms with Gasteiger partial charge in [-0.25, -0.2) is 9.68 Å². The Morgan fingerprint density at radius 2 is 2.17 bits per heavy atom. The van der Waals surface area contributed by atoms with Crippen LogP contribution in [-0.4, -0.2) is 5.43 Å². The van der Waals surface area contributed by atoms with E-state index in [0.29, 0.717) is 0 Å². The molecule has 4 nitrogen and oxygen atoms in total. The fourth-order valence-corrected chi connectivity index (χ4v) is 0.0525. The van der Waals surface area contributed by atoms with Gasteiger partial charge in [0.25, 0.3) is 0 Å². The van der Waals surface area contributed by atoms with E-state index in [0.717, 1.165) is 0 Å². The van der Waals surface area contributed by atoms with Gasteiger partial charge in [0.1, 0.15) is 0 Å². The van der Waals surface area contributed by atoms with Crippen molar-refractivity contribution >= 4 is 17.0 Å². The lowest BCUT2D eigenvalue weighted by Crippen LogP contribution is -1.88. The van der Waals surface area contributed by atoms with Crippen molar-refractivity contribution in [2.45, 2.75) is 0 Å². The van der Waals surface area contributed by atoms with Gasteiger partial charge in [0, 0.05) is 21.9 Å². The van der Waals surface area contributed by atoms with Crippen LogP contribution >= 0.6 is 11.6 Å². The minimum absolute atomic E-state index is 1.27. The highest BCUT2D eigenvalue weighted by Crippen LogP contribution is 1.83. The summed E-state index contributed by atoms with van der Waals surface area (Å²) in [6.45, 7) is 0. The molecule has 0 bridgehead atoms. The Balaban J connectivity index is 2.83. The van der Waals surface area contributed by atoms with Crippen molar-refractivity contribution in [3.63, 3.8) is 0 Å². The molecule has 1 radical (unpaired) electrons. The van der Waals surface area contributed by atoms with E-state index in [9.17, 15) is 4.79 Å². The normalized spacial score (nSPS) is 7.67. The van der Waals surface area contributed by atoms with Crippen LogP contribution in [0, 0.1) is 0 Å². The molecule has 0 aliphatic rings. The highest BCUT2D eigenvalue weighted by atomic mass is 35.5. The average molecular weight is 111 g/mol. The molecular formula is CClO4. The van der Waals surface area contributed by atoms with Crippen LogP contribution in [0.3, 0.4) is 0 Å². The molecule has 0 aliphatic carbocycles. The zero-order valence-electron chi connectivity index (χ0n) is 2.51. The molecule has 0 heterocycles. The van der Waals surface area contributed by atoms with Gasteiger partial charge in [0.15, 0.2) is 0 Å². The first-order valence-corrected chi connectivity index (χ1v) is 1.31. The van der Waals surface area contributed by atoms with Gasteiger partial charge < -0.3 is 0 Å². The molecule has 6 heavy (non-hydrogen) atoms. The summed E-state index contributed by atoms with van der Waals surface area (Å²) < 4.78 is 0. The second kappa shape index (κ2) is 2.89. The highest BCUT2D eigenvalue weighted by Gasteiger charge is 1.91. The van der Waals surface area contributed by atoms with Crippen molar-refractivity contribution < 1.29 is 20.0 Å². The lowest BCUT2D eigenvalue weighted by molar-refractivity contribution is -0.493. The summed E-state index contributed by atoms with van der Waals surface area (Å²) in [6.07, 6.45) is 0. The molecule has 0 rings (SSSR count). The summed E-state index contributed by atoms with van der Waals surface area (Å²) in [5, 5.41) is 11.3. The molecule has 0 saturated carbocycles. The molecule has 0 atom stereocenters. The van der Waals surface area contributed by atoms with E-state index >= 15 is 0 Å². The average Bonchev–Trinajstić information content (AvgIpc) is 1.35. The molecule has 0 N–H and O–H groups in total. The van der Waals surface area contributed by atoms with Crippen LogP contribution in [0.15, 0.2) is 0 Å². The Morgan fingerprint density at radius 3 is 2.17 bits per heavy atom. The second-order valence-electron chi connectivity index (χ2n) is 0.389. The Labute approximate surface area is 38.1 Å². The van der Waals surface area contributed by atoms with Gasteiger partial charge in [-0.2, -0.15) is 0 Å². The fourth-order valence-electron chi connectivity index (χ4n) is 0.0267. The summed E-state index contributed by atoms with van der Waals surface area (Å²) >= 11 is 4.39. The molecule has 0 amide bonds. The predicted molar refractivity (Wildman–Crippen MR) is 14.1 cm³/mol. The summed E-state index contributed by atoms with van der Waals surface area (Å²) in [4.78, 5) is 12.4. The van der Waals surface area contributed by atoms with Gasteiger partial charge in [-0.3, -0.25) is 0 Å². The maximum atomic E-state index is 9.26. The zero-order chi connectivity index (χ0) is 4.99. The van der Waals surface area contributed by atoms with Crippen LogP contribution in [0.2, 0.25) is 0 Å². The topological polar surface area (TPSA) is 55.4 Å². The van der Waals surface area contributed by atoms with Gasteiger partial charge in [0.05, 0.1) is 0 Å². The Bertz CT molecular complexity index is 51.5. The molecule has 0 saturated heterocycles. The van der Waals surface area contributed by atoms with Crippen molar-refractivity contribution in [1.82, 2.24) is 0 Å². The van der Waals surface area contributed by atoms with Crippen LogP contribution in [0.4, 0.5) is 4.79 Å². The van der Waals surface area contributed by atoms with Crippen LogP contribution in [-0.2, 0) is 15.2 Å². The SMILES string of the molecule is [O]OOC(=O)Cl. The predicted octanol–water partition coefficient (Wildman–Crippen LogP) is 0.639. The van der Waals surface area contributed by atoms with Crippen LogP contribution in [0.1, 0.15) is 0 Å². The number of hydrogen-bond acceptors (Lipinski definition) is 3. The number of carbonyl (C=O) groups is 1. The number of rotatable bonds is 1. The monoisotopic (exact) mass is 111 g/mol. The molecular weight excluding hydrogens is 111 g/mol. The smallest absolute Gasteiger partial charge is 0.248 e. The van der Waals surface area contributed by atoms with E-state index < -0.39 is 5.43 Å². The Morgan fingerprint density at radius 1 is 1.67 bits per heavy atom. The second-order valence-corrected chi connectivity index (χ2v) is 0.698. The van der Waals surface area contributed by atoms with E-state index in [2.05, 4.69) is 21.5 Å². The van der Waals surface area contributed by atoms with E-state index in [1.165, 1.54) is 0 Å². The van der Waals surface area contributed by atoms with E-state index in [1.807, 2.05) is 0 Å². The standard InChI is InChI=1S/CClO4/c2-1(3)5-6-4. The molecule has 0 fully saturated rings. The number of hydrogen-bond donors (Lipinski definition) is 0. The van der Waals surface area contributed by atoms with Crippen molar-refractivity contribution in [3.8, 4) is 0 Å². The van der Waals surface area contributed by atoms with Gasteiger partial charge in [-0.05, 0) is 0 Å². The third-order valence-electron chi connectivity index (χ3n) is 0.0995. The Kier molecular flexibility index (Phi) is 2.74. The molecule has 0 aliphatic heterocycles. The van der Waals surface area contributed by atoms with Gasteiger partial charge in [0.2, 0.25) is 0 Å². The summed E-state index contributed by atoms with van der Waals surface area (Å²) in [5.41, 5.74) is -1.27. The lowest BCUT2D eigenvalue weighted by atomic mass is 11.6. The maximum absolute atomic E-state index is 9.26. The van der Waals surface area contributed by atoms with Crippen molar-refractivity contribution in [1.29, 1.82) is 0 Å². The third kappa shape index (κ3) is 3.68. The first kappa shape index (κ1) is 5.68. The third-order valence-corrected chi connectivity index (χ3v) is 0.163. The summed E-state index contributed by atoms with van der Waals surface area (Å²) in [7, 11) is 0. The van der Waals surface area contributed by atoms with Gasteiger partial charge in [-0.15, -0.1) is 0 Å². The van der Waals surface area contributed by atoms with Crippen molar-refractivity contribution in [2.24, 2.45) is 0 Å². The molecule has 0 aromatic carbocycles. The van der Waals surface area contributed by atoms with E-state index in [1.54, 1.807) is 0 Å². The molecule has 35 valence electrons. The van der Waals surface area contributed by atoms with Crippen LogP contribution < -0.4 is 0 Å².